The topological polar surface area (TPSA) is 20.3 Å². The normalized spacial score (nSPS) is 22.9. The maximum absolute atomic E-state index is 12.1. The van der Waals surface area contributed by atoms with Crippen LogP contribution in [0.5, 0.6) is 0 Å². The van der Waals surface area contributed by atoms with Crippen LogP contribution >= 0.6 is 0 Å². The van der Waals surface area contributed by atoms with E-state index in [-0.39, 0.29) is 5.41 Å². The first-order chi connectivity index (χ1) is 7.26. The molecule has 1 aromatic carbocycles. The summed E-state index contributed by atoms with van der Waals surface area (Å²) in [5.74, 6) is 0.424. The number of rotatable bonds is 1. The van der Waals surface area contributed by atoms with Crippen LogP contribution in [-0.2, 0) is 16.6 Å². The number of hydrogen-bond acceptors (Lipinski definition) is 2. The monoisotopic (exact) mass is 201 g/mol. The minimum Gasteiger partial charge on any atom is -0.301 e. The summed E-state index contributed by atoms with van der Waals surface area (Å²) in [6, 6.07) is 8.30. The fraction of sp³-hybridized carbons (Fsp3) is 0.462. The maximum atomic E-state index is 12.1. The molecular weight excluding hydrogens is 186 g/mol. The number of likely N-dealkylation sites (N-methyl/N-ethyl adjacent to an activating group) is 1. The second kappa shape index (κ2) is 2.92. The Labute approximate surface area is 89.9 Å². The van der Waals surface area contributed by atoms with Gasteiger partial charge in [-0.2, -0.15) is 0 Å². The summed E-state index contributed by atoms with van der Waals surface area (Å²) >= 11 is 0. The Morgan fingerprint density at radius 1 is 1.33 bits per heavy atom. The van der Waals surface area contributed by atoms with E-state index in [0.717, 1.165) is 19.6 Å². The molecule has 0 unspecified atom stereocenters. The molecule has 1 aliphatic heterocycles. The van der Waals surface area contributed by atoms with Crippen molar-refractivity contribution in [2.45, 2.75) is 18.8 Å². The van der Waals surface area contributed by atoms with Crippen molar-refractivity contribution >= 4 is 5.78 Å². The van der Waals surface area contributed by atoms with Crippen LogP contribution in [0.15, 0.2) is 24.3 Å². The average Bonchev–Trinajstić information content (AvgIpc) is 2.47. The van der Waals surface area contributed by atoms with Gasteiger partial charge in [0.1, 0.15) is 5.78 Å². The average molecular weight is 201 g/mol. The Morgan fingerprint density at radius 2 is 2.07 bits per heavy atom. The van der Waals surface area contributed by atoms with Crippen molar-refractivity contribution in [3.8, 4) is 0 Å². The zero-order valence-corrected chi connectivity index (χ0v) is 8.99. The molecule has 1 spiro atoms. The molecule has 0 N–H and O–H groups in total. The van der Waals surface area contributed by atoms with Gasteiger partial charge in [0.2, 0.25) is 0 Å². The van der Waals surface area contributed by atoms with Crippen LogP contribution < -0.4 is 0 Å². The maximum Gasteiger partial charge on any atom is 0.150 e. The molecule has 0 bridgehead atoms. The minimum absolute atomic E-state index is 0.132. The SMILES string of the molecule is CCN1CC2(C1)C(=O)Cc1ccccc12. The highest BCUT2D eigenvalue weighted by atomic mass is 16.1. The van der Waals surface area contributed by atoms with Crippen LogP contribution in [0.3, 0.4) is 0 Å². The van der Waals surface area contributed by atoms with Crippen molar-refractivity contribution in [2.75, 3.05) is 19.6 Å². The van der Waals surface area contributed by atoms with Gasteiger partial charge in [-0.3, -0.25) is 4.79 Å². The van der Waals surface area contributed by atoms with Gasteiger partial charge in [0.05, 0.1) is 5.41 Å². The second-order valence-electron chi connectivity index (χ2n) is 4.64. The van der Waals surface area contributed by atoms with E-state index in [2.05, 4.69) is 24.0 Å². The molecule has 0 saturated carbocycles. The zero-order valence-electron chi connectivity index (χ0n) is 8.99. The van der Waals surface area contributed by atoms with Crippen LogP contribution in [-0.4, -0.2) is 30.3 Å². The van der Waals surface area contributed by atoms with Gasteiger partial charge in [0, 0.05) is 19.5 Å². The Morgan fingerprint density at radius 3 is 2.80 bits per heavy atom. The highest BCUT2D eigenvalue weighted by molar-refractivity contribution is 5.98. The highest BCUT2D eigenvalue weighted by Crippen LogP contribution is 2.42. The number of hydrogen-bond donors (Lipinski definition) is 0. The molecule has 15 heavy (non-hydrogen) atoms. The summed E-state index contributed by atoms with van der Waals surface area (Å²) in [6.07, 6.45) is 0.647. The number of Topliss-reactive ketones (excluding diaryl/α,β-unsaturated/α-hetero) is 1. The van der Waals surface area contributed by atoms with Crippen LogP contribution in [0.4, 0.5) is 0 Å². The molecule has 78 valence electrons. The number of carbonyl (C=O) groups is 1. The molecule has 3 rings (SSSR count). The molecule has 1 saturated heterocycles. The van der Waals surface area contributed by atoms with Crippen molar-refractivity contribution in [3.05, 3.63) is 35.4 Å². The van der Waals surface area contributed by atoms with Crippen molar-refractivity contribution < 1.29 is 4.79 Å². The molecule has 2 heteroatoms. The van der Waals surface area contributed by atoms with Crippen LogP contribution in [0.1, 0.15) is 18.1 Å². The summed E-state index contributed by atoms with van der Waals surface area (Å²) < 4.78 is 0. The lowest BCUT2D eigenvalue weighted by Gasteiger charge is -2.47. The minimum atomic E-state index is -0.132. The van der Waals surface area contributed by atoms with Gasteiger partial charge < -0.3 is 4.90 Å². The standard InChI is InChI=1S/C13H15NO/c1-2-14-8-13(9-14)11-6-4-3-5-10(11)7-12(13)15/h3-6H,2,7-9H2,1H3. The smallest absolute Gasteiger partial charge is 0.150 e. The Balaban J connectivity index is 2.01. The van der Waals surface area contributed by atoms with Crippen molar-refractivity contribution in [3.63, 3.8) is 0 Å². The molecule has 0 amide bonds. The van der Waals surface area contributed by atoms with Gasteiger partial charge in [0.15, 0.2) is 0 Å². The predicted molar refractivity (Wildman–Crippen MR) is 58.9 cm³/mol. The van der Waals surface area contributed by atoms with Gasteiger partial charge in [-0.15, -0.1) is 0 Å². The van der Waals surface area contributed by atoms with Gasteiger partial charge in [-0.25, -0.2) is 0 Å². The molecule has 0 radical (unpaired) electrons. The third-order valence-electron chi connectivity index (χ3n) is 3.85. The molecule has 1 fully saturated rings. The van der Waals surface area contributed by atoms with Gasteiger partial charge in [-0.05, 0) is 17.7 Å². The van der Waals surface area contributed by atoms with E-state index in [1.165, 1.54) is 11.1 Å². The van der Waals surface area contributed by atoms with E-state index in [1.54, 1.807) is 0 Å². The van der Waals surface area contributed by atoms with E-state index < -0.39 is 0 Å². The van der Waals surface area contributed by atoms with Gasteiger partial charge in [0.25, 0.3) is 0 Å². The first kappa shape index (κ1) is 9.10. The highest BCUT2D eigenvalue weighted by Gasteiger charge is 2.53. The van der Waals surface area contributed by atoms with E-state index in [4.69, 9.17) is 0 Å². The molecule has 1 aliphatic carbocycles. The second-order valence-corrected chi connectivity index (χ2v) is 4.64. The lowest BCUT2D eigenvalue weighted by Crippen LogP contribution is -2.61. The summed E-state index contributed by atoms with van der Waals surface area (Å²) in [5, 5.41) is 0. The molecule has 1 heterocycles. The molecule has 2 aliphatic rings. The van der Waals surface area contributed by atoms with Gasteiger partial charge >= 0.3 is 0 Å². The number of fused-ring (bicyclic) bond motifs is 2. The van der Waals surface area contributed by atoms with Crippen molar-refractivity contribution in [1.29, 1.82) is 0 Å². The predicted octanol–water partition coefficient (Wildman–Crippen LogP) is 1.39. The summed E-state index contributed by atoms with van der Waals surface area (Å²) in [4.78, 5) is 14.4. The summed E-state index contributed by atoms with van der Waals surface area (Å²) in [6.45, 7) is 5.06. The number of benzene rings is 1. The number of likely N-dealkylation sites (tertiary alicyclic amines) is 1. The molecule has 1 aromatic rings. The van der Waals surface area contributed by atoms with Crippen molar-refractivity contribution in [2.24, 2.45) is 0 Å². The quantitative estimate of drug-likeness (QED) is 0.684. The first-order valence-electron chi connectivity index (χ1n) is 5.60. The van der Waals surface area contributed by atoms with Crippen LogP contribution in [0.25, 0.3) is 0 Å². The number of ketones is 1. The third-order valence-corrected chi connectivity index (χ3v) is 3.85. The summed E-state index contributed by atoms with van der Waals surface area (Å²) in [5.41, 5.74) is 2.41. The van der Waals surface area contributed by atoms with Crippen LogP contribution in [0, 0.1) is 0 Å². The molecular formula is C13H15NO. The zero-order chi connectivity index (χ0) is 10.5. The van der Waals surface area contributed by atoms with E-state index in [9.17, 15) is 4.79 Å². The fourth-order valence-electron chi connectivity index (χ4n) is 2.92. The molecule has 2 nitrogen and oxygen atoms in total. The third kappa shape index (κ3) is 1.06. The van der Waals surface area contributed by atoms with Crippen molar-refractivity contribution in [1.82, 2.24) is 4.90 Å². The molecule has 0 atom stereocenters. The Bertz CT molecular complexity index is 418. The fourth-order valence-corrected chi connectivity index (χ4v) is 2.92. The lowest BCUT2D eigenvalue weighted by atomic mass is 9.74. The van der Waals surface area contributed by atoms with E-state index in [0.29, 0.717) is 12.2 Å². The summed E-state index contributed by atoms with van der Waals surface area (Å²) in [7, 11) is 0. The first-order valence-corrected chi connectivity index (χ1v) is 5.60. The number of nitrogens with zero attached hydrogens (tertiary/aromatic N) is 1. The van der Waals surface area contributed by atoms with Gasteiger partial charge in [-0.1, -0.05) is 31.2 Å². The van der Waals surface area contributed by atoms with E-state index >= 15 is 0 Å². The Hall–Kier alpha value is -1.15. The largest absolute Gasteiger partial charge is 0.301 e. The Kier molecular flexibility index (Phi) is 1.77. The van der Waals surface area contributed by atoms with Crippen LogP contribution in [0.2, 0.25) is 0 Å². The number of carbonyl (C=O) groups excluding carboxylic acids is 1. The van der Waals surface area contributed by atoms with E-state index in [1.807, 2.05) is 12.1 Å². The molecule has 0 aromatic heterocycles. The lowest BCUT2D eigenvalue weighted by molar-refractivity contribution is -0.128.